The van der Waals surface area contributed by atoms with Crippen LogP contribution in [-0.2, 0) is 4.79 Å². The molecule has 5 heteroatoms. The largest absolute Gasteiger partial charge is 0.497 e. The maximum atomic E-state index is 11.2. The second kappa shape index (κ2) is 5.93. The third kappa shape index (κ3) is 2.98. The van der Waals surface area contributed by atoms with Gasteiger partial charge in [-0.25, -0.2) is 0 Å². The van der Waals surface area contributed by atoms with E-state index in [1.165, 1.54) is 4.90 Å². The normalized spacial score (nSPS) is 22.2. The first kappa shape index (κ1) is 13.7. The summed E-state index contributed by atoms with van der Waals surface area (Å²) in [5.41, 5.74) is 6.42. The van der Waals surface area contributed by atoms with E-state index in [1.807, 2.05) is 18.2 Å². The number of hydrogen-bond acceptors (Lipinski definition) is 3. The summed E-state index contributed by atoms with van der Waals surface area (Å²) in [7, 11) is 3.31. The molecule has 1 heterocycles. The highest BCUT2D eigenvalue weighted by Crippen LogP contribution is 2.31. The summed E-state index contributed by atoms with van der Waals surface area (Å²) >= 11 is 0. The van der Waals surface area contributed by atoms with Crippen molar-refractivity contribution in [2.75, 3.05) is 27.3 Å². The summed E-state index contributed by atoms with van der Waals surface area (Å²) in [5.74, 6) is 1.39. The van der Waals surface area contributed by atoms with Gasteiger partial charge in [0.05, 0.1) is 26.3 Å². The Morgan fingerprint density at radius 3 is 2.84 bits per heavy atom. The van der Waals surface area contributed by atoms with Crippen molar-refractivity contribution in [3.8, 4) is 11.5 Å². The molecule has 5 nitrogen and oxygen atoms in total. The molecule has 2 atom stereocenters. The molecule has 1 amide bonds. The van der Waals surface area contributed by atoms with Gasteiger partial charge in [-0.15, -0.1) is 0 Å². The number of carbonyl (C=O) groups excluding carboxylic acids is 1. The Labute approximate surface area is 113 Å². The summed E-state index contributed by atoms with van der Waals surface area (Å²) in [6.45, 7) is 1.33. The Kier molecular flexibility index (Phi) is 4.27. The quantitative estimate of drug-likeness (QED) is 0.782. The minimum absolute atomic E-state index is 0.248. The third-order valence-electron chi connectivity index (χ3n) is 3.70. The van der Waals surface area contributed by atoms with E-state index in [4.69, 9.17) is 15.2 Å². The van der Waals surface area contributed by atoms with Crippen LogP contribution in [0.1, 0.15) is 24.4 Å². The molecule has 1 aliphatic heterocycles. The van der Waals surface area contributed by atoms with Crippen LogP contribution in [0, 0.1) is 0 Å². The summed E-state index contributed by atoms with van der Waals surface area (Å²) < 4.78 is 10.7. The van der Waals surface area contributed by atoms with Crippen LogP contribution in [0.5, 0.6) is 11.5 Å². The van der Waals surface area contributed by atoms with Crippen LogP contribution < -0.4 is 20.1 Å². The number of likely N-dealkylation sites (tertiary alicyclic amines) is 1. The molecule has 19 heavy (non-hydrogen) atoms. The van der Waals surface area contributed by atoms with Crippen LogP contribution in [0.4, 0.5) is 0 Å². The van der Waals surface area contributed by atoms with Crippen molar-refractivity contribution in [3.63, 3.8) is 0 Å². The summed E-state index contributed by atoms with van der Waals surface area (Å²) in [6.07, 6.45) is 2.12. The van der Waals surface area contributed by atoms with E-state index in [0.29, 0.717) is 6.54 Å². The lowest BCUT2D eigenvalue weighted by molar-refractivity contribution is -0.910. The zero-order valence-corrected chi connectivity index (χ0v) is 11.4. The van der Waals surface area contributed by atoms with E-state index in [2.05, 4.69) is 0 Å². The Hall–Kier alpha value is -1.75. The second-order valence-electron chi connectivity index (χ2n) is 4.85. The molecule has 0 aromatic heterocycles. The summed E-state index contributed by atoms with van der Waals surface area (Å²) in [6, 6.07) is 6.03. The highest BCUT2D eigenvalue weighted by molar-refractivity contribution is 5.74. The first-order chi connectivity index (χ1) is 9.15. The van der Waals surface area contributed by atoms with Gasteiger partial charge in [-0.3, -0.25) is 4.79 Å². The highest BCUT2D eigenvalue weighted by atomic mass is 16.5. The zero-order valence-electron chi connectivity index (χ0n) is 11.4. The van der Waals surface area contributed by atoms with Crippen molar-refractivity contribution in [1.29, 1.82) is 0 Å². The van der Waals surface area contributed by atoms with Gasteiger partial charge in [0.1, 0.15) is 17.5 Å². The van der Waals surface area contributed by atoms with Gasteiger partial charge in [-0.05, 0) is 18.2 Å². The first-order valence-corrected chi connectivity index (χ1v) is 6.50. The fourth-order valence-corrected chi connectivity index (χ4v) is 2.83. The highest BCUT2D eigenvalue weighted by Gasteiger charge is 2.33. The lowest BCUT2D eigenvalue weighted by atomic mass is 10.0. The summed E-state index contributed by atoms with van der Waals surface area (Å²) in [4.78, 5) is 12.4. The number of primary amides is 1. The van der Waals surface area contributed by atoms with Crippen LogP contribution in [-0.4, -0.2) is 33.2 Å². The van der Waals surface area contributed by atoms with Crippen molar-refractivity contribution in [1.82, 2.24) is 0 Å². The molecule has 0 aliphatic carbocycles. The van der Waals surface area contributed by atoms with E-state index >= 15 is 0 Å². The molecule has 0 radical (unpaired) electrons. The van der Waals surface area contributed by atoms with Crippen LogP contribution in [0.3, 0.4) is 0 Å². The van der Waals surface area contributed by atoms with E-state index < -0.39 is 0 Å². The Bertz CT molecular complexity index is 462. The molecule has 1 aromatic carbocycles. The topological polar surface area (TPSA) is 66.0 Å². The number of nitrogens with two attached hydrogens (primary N) is 1. The van der Waals surface area contributed by atoms with E-state index in [9.17, 15) is 4.79 Å². The van der Waals surface area contributed by atoms with E-state index in [-0.39, 0.29) is 11.9 Å². The molecule has 3 N–H and O–H groups in total. The number of carbonyl (C=O) groups is 1. The third-order valence-corrected chi connectivity index (χ3v) is 3.70. The van der Waals surface area contributed by atoms with Gasteiger partial charge < -0.3 is 20.1 Å². The number of nitrogens with one attached hydrogen (secondary N) is 1. The van der Waals surface area contributed by atoms with Crippen LogP contribution in [0.15, 0.2) is 18.2 Å². The van der Waals surface area contributed by atoms with Crippen LogP contribution >= 0.6 is 0 Å². The predicted octanol–water partition coefficient (Wildman–Crippen LogP) is -0.0911. The minimum Gasteiger partial charge on any atom is -0.497 e. The number of ether oxygens (including phenoxy) is 2. The number of rotatable bonds is 5. The van der Waals surface area contributed by atoms with Gasteiger partial charge in [-0.2, -0.15) is 0 Å². The Morgan fingerprint density at radius 1 is 1.42 bits per heavy atom. The van der Waals surface area contributed by atoms with Gasteiger partial charge in [0.25, 0.3) is 5.91 Å². The number of amides is 1. The molecule has 1 aliphatic rings. The molecule has 0 spiro atoms. The number of benzene rings is 1. The molecule has 1 unspecified atom stereocenters. The molecular formula is C14H21N2O3+. The maximum Gasteiger partial charge on any atom is 0.272 e. The van der Waals surface area contributed by atoms with Crippen molar-refractivity contribution >= 4 is 5.91 Å². The van der Waals surface area contributed by atoms with Gasteiger partial charge >= 0.3 is 0 Å². The van der Waals surface area contributed by atoms with Gasteiger partial charge in [0, 0.05) is 12.8 Å². The number of methoxy groups -OCH3 is 2. The van der Waals surface area contributed by atoms with Gasteiger partial charge in [0.2, 0.25) is 0 Å². The predicted molar refractivity (Wildman–Crippen MR) is 71.4 cm³/mol. The molecular weight excluding hydrogens is 244 g/mol. The van der Waals surface area contributed by atoms with E-state index in [0.717, 1.165) is 36.4 Å². The number of quaternary nitrogens is 1. The molecule has 1 aromatic rings. The lowest BCUT2D eigenvalue weighted by Gasteiger charge is -2.22. The average Bonchev–Trinajstić information content (AvgIpc) is 2.85. The van der Waals surface area contributed by atoms with Crippen molar-refractivity contribution < 1.29 is 19.2 Å². The van der Waals surface area contributed by atoms with Crippen molar-refractivity contribution in [3.05, 3.63) is 23.8 Å². The fourth-order valence-electron chi connectivity index (χ4n) is 2.83. The number of hydrogen-bond donors (Lipinski definition) is 2. The lowest BCUT2D eigenvalue weighted by Crippen LogP contribution is -3.11. The average molecular weight is 265 g/mol. The first-order valence-electron chi connectivity index (χ1n) is 6.50. The second-order valence-corrected chi connectivity index (χ2v) is 4.85. The molecule has 1 saturated heterocycles. The van der Waals surface area contributed by atoms with E-state index in [1.54, 1.807) is 14.2 Å². The Balaban J connectivity index is 2.30. The molecule has 2 rings (SSSR count). The maximum absolute atomic E-state index is 11.2. The molecule has 0 bridgehead atoms. The smallest absolute Gasteiger partial charge is 0.272 e. The monoisotopic (exact) mass is 265 g/mol. The standard InChI is InChI=1S/C14H20N2O3/c1-18-10-5-6-13(19-2)11(8-10)12-4-3-7-16(12)9-14(15)17/h5-6,8,12H,3-4,7,9H2,1-2H3,(H2,15,17)/p+1/t12-/m0/s1. The van der Waals surface area contributed by atoms with Gasteiger partial charge in [-0.1, -0.05) is 0 Å². The van der Waals surface area contributed by atoms with Crippen LogP contribution in [0.2, 0.25) is 0 Å². The Morgan fingerprint density at radius 2 is 2.21 bits per heavy atom. The molecule has 104 valence electrons. The van der Waals surface area contributed by atoms with Crippen molar-refractivity contribution in [2.45, 2.75) is 18.9 Å². The zero-order chi connectivity index (χ0) is 13.8. The van der Waals surface area contributed by atoms with Crippen molar-refractivity contribution in [2.24, 2.45) is 5.73 Å². The SMILES string of the molecule is COc1ccc(OC)c([C@@H]2CCC[NH+]2CC(N)=O)c1. The minimum atomic E-state index is -0.260. The van der Waals surface area contributed by atoms with Crippen LogP contribution in [0.25, 0.3) is 0 Å². The summed E-state index contributed by atoms with van der Waals surface area (Å²) in [5, 5.41) is 0. The molecule has 1 fully saturated rings. The van der Waals surface area contributed by atoms with Gasteiger partial charge in [0.15, 0.2) is 6.54 Å². The molecule has 0 saturated carbocycles. The fraction of sp³-hybridized carbons (Fsp3) is 0.500.